The minimum absolute atomic E-state index is 0.189. The summed E-state index contributed by atoms with van der Waals surface area (Å²) in [6.45, 7) is 1.63. The fourth-order valence-corrected chi connectivity index (χ4v) is 3.22. The van der Waals surface area contributed by atoms with Gasteiger partial charge in [-0.1, -0.05) is 6.07 Å². The first kappa shape index (κ1) is 27.5. The lowest BCUT2D eigenvalue weighted by Gasteiger charge is -2.12. The lowest BCUT2D eigenvalue weighted by atomic mass is 10.1. The molecular formula is C27H27N3O8. The van der Waals surface area contributed by atoms with E-state index in [2.05, 4.69) is 15.8 Å². The summed E-state index contributed by atoms with van der Waals surface area (Å²) in [5.74, 6) is -0.691. The molecule has 11 heteroatoms. The summed E-state index contributed by atoms with van der Waals surface area (Å²) in [5.41, 5.74) is 3.74. The van der Waals surface area contributed by atoms with Gasteiger partial charge < -0.3 is 29.0 Å². The highest BCUT2D eigenvalue weighted by Gasteiger charge is 2.17. The average Bonchev–Trinajstić information content (AvgIpc) is 2.95. The summed E-state index contributed by atoms with van der Waals surface area (Å²) in [7, 11) is 5.85. The monoisotopic (exact) mass is 521 g/mol. The number of esters is 1. The molecule has 3 aromatic carbocycles. The van der Waals surface area contributed by atoms with Gasteiger partial charge in [0.1, 0.15) is 17.2 Å². The summed E-state index contributed by atoms with van der Waals surface area (Å²) in [6.07, 6.45) is 0. The molecule has 0 aliphatic rings. The molecule has 0 unspecified atom stereocenters. The van der Waals surface area contributed by atoms with Gasteiger partial charge in [0, 0.05) is 11.6 Å². The van der Waals surface area contributed by atoms with Crippen LogP contribution in [-0.2, 0) is 9.59 Å². The Morgan fingerprint density at radius 2 is 1.39 bits per heavy atom. The Kier molecular flexibility index (Phi) is 9.25. The van der Waals surface area contributed by atoms with E-state index in [1.54, 1.807) is 61.5 Å². The molecule has 0 spiro atoms. The molecule has 0 aliphatic carbocycles. The number of hydrogen-bond donors (Lipinski definition) is 2. The molecule has 0 saturated carbocycles. The quantitative estimate of drug-likeness (QED) is 0.144. The third kappa shape index (κ3) is 6.78. The molecule has 0 heterocycles. The molecule has 0 saturated heterocycles. The lowest BCUT2D eigenvalue weighted by molar-refractivity contribution is -0.136. The Hall–Kier alpha value is -5.06. The summed E-state index contributed by atoms with van der Waals surface area (Å²) in [6, 6.07) is 16.0. The van der Waals surface area contributed by atoms with E-state index in [1.165, 1.54) is 34.5 Å². The maximum atomic E-state index is 12.6. The second kappa shape index (κ2) is 12.8. The average molecular weight is 522 g/mol. The fourth-order valence-electron chi connectivity index (χ4n) is 3.22. The van der Waals surface area contributed by atoms with Crippen LogP contribution in [0.4, 0.5) is 5.69 Å². The number of benzene rings is 3. The Morgan fingerprint density at radius 1 is 0.684 bits per heavy atom. The van der Waals surface area contributed by atoms with Gasteiger partial charge in [0.2, 0.25) is 0 Å². The molecule has 3 rings (SSSR count). The number of anilines is 1. The molecule has 0 radical (unpaired) electrons. The van der Waals surface area contributed by atoms with E-state index < -0.39 is 17.8 Å². The van der Waals surface area contributed by atoms with Gasteiger partial charge in [-0.3, -0.25) is 9.59 Å². The number of methoxy groups -OCH3 is 4. The summed E-state index contributed by atoms with van der Waals surface area (Å²) in [4.78, 5) is 37.2. The topological polar surface area (TPSA) is 134 Å². The molecular weight excluding hydrogens is 494 g/mol. The van der Waals surface area contributed by atoms with E-state index >= 15 is 0 Å². The third-order valence-corrected chi connectivity index (χ3v) is 5.28. The summed E-state index contributed by atoms with van der Waals surface area (Å²) in [5, 5.41) is 6.45. The van der Waals surface area contributed by atoms with Crippen LogP contribution in [0.15, 0.2) is 65.8 Å². The zero-order valence-corrected chi connectivity index (χ0v) is 21.5. The minimum Gasteiger partial charge on any atom is -0.497 e. The van der Waals surface area contributed by atoms with Crippen molar-refractivity contribution in [3.05, 3.63) is 71.8 Å². The normalized spacial score (nSPS) is 10.7. The number of amides is 2. The van der Waals surface area contributed by atoms with E-state index in [1.807, 2.05) is 0 Å². The van der Waals surface area contributed by atoms with Crippen molar-refractivity contribution in [2.45, 2.75) is 6.92 Å². The van der Waals surface area contributed by atoms with Crippen LogP contribution in [0.5, 0.6) is 28.7 Å². The zero-order valence-electron chi connectivity index (χ0n) is 21.5. The third-order valence-electron chi connectivity index (χ3n) is 5.28. The highest BCUT2D eigenvalue weighted by molar-refractivity contribution is 6.39. The lowest BCUT2D eigenvalue weighted by Crippen LogP contribution is -2.33. The molecule has 11 nitrogen and oxygen atoms in total. The largest absolute Gasteiger partial charge is 0.497 e. The van der Waals surface area contributed by atoms with Crippen molar-refractivity contribution in [3.63, 3.8) is 0 Å². The van der Waals surface area contributed by atoms with Gasteiger partial charge in [-0.15, -0.1) is 0 Å². The van der Waals surface area contributed by atoms with Crippen LogP contribution in [0, 0.1) is 0 Å². The Morgan fingerprint density at radius 3 is 2.08 bits per heavy atom. The van der Waals surface area contributed by atoms with E-state index in [0.717, 1.165) is 0 Å². The van der Waals surface area contributed by atoms with Gasteiger partial charge in [-0.2, -0.15) is 5.10 Å². The SMILES string of the molecule is COc1cccc(C(=O)Oc2ccc(/C(C)=N/NC(=O)C(=O)Nc3ccc(OC)cc3OC)cc2OC)c1. The van der Waals surface area contributed by atoms with E-state index in [9.17, 15) is 14.4 Å². The zero-order chi connectivity index (χ0) is 27.7. The van der Waals surface area contributed by atoms with Crippen molar-refractivity contribution in [2.75, 3.05) is 33.8 Å². The first-order chi connectivity index (χ1) is 18.3. The number of carbonyl (C=O) groups is 3. The van der Waals surface area contributed by atoms with Crippen LogP contribution in [0.25, 0.3) is 0 Å². The maximum absolute atomic E-state index is 12.6. The Balaban J connectivity index is 1.67. The van der Waals surface area contributed by atoms with Gasteiger partial charge in [0.15, 0.2) is 11.5 Å². The van der Waals surface area contributed by atoms with Crippen molar-refractivity contribution in [2.24, 2.45) is 5.10 Å². The van der Waals surface area contributed by atoms with Crippen LogP contribution in [0.2, 0.25) is 0 Å². The van der Waals surface area contributed by atoms with Gasteiger partial charge in [0.25, 0.3) is 0 Å². The number of nitrogens with zero attached hydrogens (tertiary/aromatic N) is 1. The predicted molar refractivity (Wildman–Crippen MR) is 139 cm³/mol. The number of carbonyl (C=O) groups excluding carboxylic acids is 3. The molecule has 2 amide bonds. The van der Waals surface area contributed by atoms with Crippen molar-refractivity contribution in [3.8, 4) is 28.7 Å². The molecule has 0 fully saturated rings. The second-order valence-corrected chi connectivity index (χ2v) is 7.65. The summed E-state index contributed by atoms with van der Waals surface area (Å²) >= 11 is 0. The summed E-state index contributed by atoms with van der Waals surface area (Å²) < 4.78 is 26.3. The fraction of sp³-hybridized carbons (Fsp3) is 0.185. The Labute approximate surface area is 219 Å². The predicted octanol–water partition coefficient (Wildman–Crippen LogP) is 3.42. The molecule has 38 heavy (non-hydrogen) atoms. The molecule has 2 N–H and O–H groups in total. The molecule has 0 bridgehead atoms. The number of rotatable bonds is 9. The first-order valence-electron chi connectivity index (χ1n) is 11.2. The van der Waals surface area contributed by atoms with E-state index in [4.69, 9.17) is 23.7 Å². The van der Waals surface area contributed by atoms with E-state index in [-0.39, 0.29) is 17.2 Å². The minimum atomic E-state index is -0.988. The van der Waals surface area contributed by atoms with Crippen LogP contribution in [0.1, 0.15) is 22.8 Å². The van der Waals surface area contributed by atoms with Crippen molar-refractivity contribution in [1.82, 2.24) is 5.43 Å². The highest BCUT2D eigenvalue weighted by Crippen LogP contribution is 2.30. The van der Waals surface area contributed by atoms with Crippen LogP contribution < -0.4 is 34.4 Å². The number of nitrogens with one attached hydrogen (secondary N) is 2. The molecule has 198 valence electrons. The van der Waals surface area contributed by atoms with Crippen molar-refractivity contribution in [1.29, 1.82) is 0 Å². The van der Waals surface area contributed by atoms with Gasteiger partial charge in [-0.25, -0.2) is 10.2 Å². The Bertz CT molecular complexity index is 1370. The molecule has 0 atom stereocenters. The first-order valence-corrected chi connectivity index (χ1v) is 11.2. The van der Waals surface area contributed by atoms with Gasteiger partial charge >= 0.3 is 17.8 Å². The van der Waals surface area contributed by atoms with Gasteiger partial charge in [-0.05, 0) is 55.5 Å². The molecule has 0 aromatic heterocycles. The van der Waals surface area contributed by atoms with Crippen molar-refractivity contribution >= 4 is 29.2 Å². The van der Waals surface area contributed by atoms with Crippen LogP contribution in [0.3, 0.4) is 0 Å². The van der Waals surface area contributed by atoms with E-state index in [0.29, 0.717) is 34.1 Å². The maximum Gasteiger partial charge on any atom is 0.343 e. The van der Waals surface area contributed by atoms with Crippen molar-refractivity contribution < 1.29 is 38.1 Å². The van der Waals surface area contributed by atoms with Crippen LogP contribution >= 0.6 is 0 Å². The van der Waals surface area contributed by atoms with Crippen LogP contribution in [-0.4, -0.2) is 51.9 Å². The molecule has 3 aromatic rings. The van der Waals surface area contributed by atoms with Gasteiger partial charge in [0.05, 0.1) is 45.4 Å². The highest BCUT2D eigenvalue weighted by atomic mass is 16.6. The standard InChI is InChI=1S/C27H27N3O8/c1-16(29-30-26(32)25(31)28-21-11-10-20(35-3)15-23(21)36-4)17-9-12-22(24(14-17)37-5)38-27(33)18-7-6-8-19(13-18)34-2/h6-15H,1-5H3,(H,28,31)(H,30,32)/b29-16+. The molecule has 0 aliphatic heterocycles. The number of hydrogen-bond acceptors (Lipinski definition) is 9. The number of ether oxygens (including phenoxy) is 5. The number of hydrazone groups is 1. The smallest absolute Gasteiger partial charge is 0.343 e. The second-order valence-electron chi connectivity index (χ2n) is 7.65.